The Morgan fingerprint density at radius 2 is 2.50 bits per heavy atom. The minimum Gasteiger partial charge on any atom is -0.313 e. The van der Waals surface area contributed by atoms with Crippen LogP contribution in [0.25, 0.3) is 0 Å². The normalized spacial score (nSPS) is 10.5. The largest absolute Gasteiger partial charge is 0.313 e. The molecule has 0 radical (unpaired) electrons. The number of aryl methyl sites for hydroxylation is 1. The summed E-state index contributed by atoms with van der Waals surface area (Å²) in [5, 5.41) is 7.18. The maximum Gasteiger partial charge on any atom is 0.140 e. The van der Waals surface area contributed by atoms with Gasteiger partial charge in [-0.1, -0.05) is 0 Å². The summed E-state index contributed by atoms with van der Waals surface area (Å²) in [6.45, 7) is 1.73. The number of aromatic nitrogens is 3. The van der Waals surface area contributed by atoms with Gasteiger partial charge in [0.2, 0.25) is 0 Å². The van der Waals surface area contributed by atoms with E-state index in [1.807, 2.05) is 23.5 Å². The molecular weight excluding hydrogens is 172 g/mol. The molecule has 0 aromatic carbocycles. The molecule has 1 heterocycles. The lowest BCUT2D eigenvalue weighted by Crippen LogP contribution is -2.14. The van der Waals surface area contributed by atoms with Gasteiger partial charge in [0.25, 0.3) is 0 Å². The quantitative estimate of drug-likeness (QED) is 0.721. The fraction of sp³-hybridized carbons (Fsp3) is 0.714. The van der Waals surface area contributed by atoms with Gasteiger partial charge in [0.1, 0.15) is 12.2 Å². The molecule has 0 unspecified atom stereocenters. The molecular formula is C7H14N4S. The molecule has 0 fully saturated rings. The molecule has 0 amide bonds. The Hall–Kier alpha value is -0.550. The van der Waals surface area contributed by atoms with Crippen LogP contribution in [-0.2, 0) is 13.1 Å². The van der Waals surface area contributed by atoms with Gasteiger partial charge in [-0.25, -0.2) is 9.67 Å². The van der Waals surface area contributed by atoms with Crippen molar-refractivity contribution in [2.24, 2.45) is 0 Å². The Kier molecular flexibility index (Phi) is 4.10. The second-order valence-corrected chi connectivity index (χ2v) is 3.41. The number of thioether (sulfide) groups is 1. The van der Waals surface area contributed by atoms with Gasteiger partial charge in [0, 0.05) is 5.75 Å². The molecule has 0 saturated carbocycles. The van der Waals surface area contributed by atoms with E-state index in [1.54, 1.807) is 6.33 Å². The fourth-order valence-corrected chi connectivity index (χ4v) is 1.30. The first-order chi connectivity index (χ1) is 5.88. The van der Waals surface area contributed by atoms with E-state index in [2.05, 4.69) is 21.7 Å². The van der Waals surface area contributed by atoms with Crippen LogP contribution in [-0.4, -0.2) is 33.8 Å². The van der Waals surface area contributed by atoms with E-state index in [9.17, 15) is 0 Å². The molecule has 68 valence electrons. The molecule has 1 rings (SSSR count). The van der Waals surface area contributed by atoms with E-state index in [0.717, 1.165) is 24.7 Å². The molecule has 0 saturated heterocycles. The average Bonchev–Trinajstić information content (AvgIpc) is 2.50. The van der Waals surface area contributed by atoms with Crippen molar-refractivity contribution in [3.8, 4) is 0 Å². The van der Waals surface area contributed by atoms with Crippen molar-refractivity contribution in [1.29, 1.82) is 0 Å². The van der Waals surface area contributed by atoms with Crippen LogP contribution < -0.4 is 5.32 Å². The third kappa shape index (κ3) is 2.49. The minimum absolute atomic E-state index is 0.786. The highest BCUT2D eigenvalue weighted by Gasteiger charge is 2.00. The monoisotopic (exact) mass is 186 g/mol. The molecule has 12 heavy (non-hydrogen) atoms. The zero-order valence-electron chi connectivity index (χ0n) is 7.45. The summed E-state index contributed by atoms with van der Waals surface area (Å²) in [4.78, 5) is 4.14. The Bertz CT molecular complexity index is 223. The fourth-order valence-electron chi connectivity index (χ4n) is 0.948. The van der Waals surface area contributed by atoms with Crippen molar-refractivity contribution in [3.63, 3.8) is 0 Å². The maximum atomic E-state index is 4.14. The van der Waals surface area contributed by atoms with Gasteiger partial charge in [0.15, 0.2) is 0 Å². The molecule has 0 aliphatic heterocycles. The Morgan fingerprint density at radius 3 is 3.17 bits per heavy atom. The molecule has 0 spiro atoms. The minimum atomic E-state index is 0.786. The van der Waals surface area contributed by atoms with Crippen LogP contribution >= 0.6 is 11.8 Å². The number of rotatable bonds is 5. The zero-order chi connectivity index (χ0) is 8.81. The van der Waals surface area contributed by atoms with Crippen LogP contribution in [0.1, 0.15) is 5.82 Å². The summed E-state index contributed by atoms with van der Waals surface area (Å²) in [6.07, 6.45) is 3.70. The molecule has 0 aliphatic carbocycles. The molecule has 1 aromatic heterocycles. The Labute approximate surface area is 76.8 Å². The molecule has 0 atom stereocenters. The Morgan fingerprint density at radius 1 is 1.67 bits per heavy atom. The highest BCUT2D eigenvalue weighted by molar-refractivity contribution is 7.98. The summed E-state index contributed by atoms with van der Waals surface area (Å²) >= 11 is 1.82. The lowest BCUT2D eigenvalue weighted by Gasteiger charge is -2.03. The summed E-state index contributed by atoms with van der Waals surface area (Å²) < 4.78 is 1.94. The van der Waals surface area contributed by atoms with E-state index >= 15 is 0 Å². The second-order valence-electron chi connectivity index (χ2n) is 2.42. The lowest BCUT2D eigenvalue weighted by atomic mass is 10.6. The van der Waals surface area contributed by atoms with E-state index in [0.29, 0.717) is 0 Å². The van der Waals surface area contributed by atoms with E-state index in [-0.39, 0.29) is 0 Å². The van der Waals surface area contributed by atoms with Crippen molar-refractivity contribution in [3.05, 3.63) is 12.2 Å². The first-order valence-corrected chi connectivity index (χ1v) is 5.28. The summed E-state index contributed by atoms with van der Waals surface area (Å²) in [5.41, 5.74) is 0. The van der Waals surface area contributed by atoms with Crippen molar-refractivity contribution in [2.45, 2.75) is 13.1 Å². The van der Waals surface area contributed by atoms with E-state index < -0.39 is 0 Å². The van der Waals surface area contributed by atoms with Crippen LogP contribution in [0.3, 0.4) is 0 Å². The number of nitrogens with one attached hydrogen (secondary N) is 1. The molecule has 4 nitrogen and oxygen atoms in total. The molecule has 0 aliphatic rings. The summed E-state index contributed by atoms with van der Waals surface area (Å²) in [7, 11) is 1.91. The topological polar surface area (TPSA) is 42.7 Å². The SMILES string of the molecule is CNCc1ncnn1CCSC. The first kappa shape index (κ1) is 9.54. The third-order valence-corrected chi connectivity index (χ3v) is 2.13. The van der Waals surface area contributed by atoms with Crippen LogP contribution in [0.15, 0.2) is 6.33 Å². The highest BCUT2D eigenvalue weighted by atomic mass is 32.2. The molecule has 1 aromatic rings. The van der Waals surface area contributed by atoms with Gasteiger partial charge >= 0.3 is 0 Å². The van der Waals surface area contributed by atoms with Crippen molar-refractivity contribution < 1.29 is 0 Å². The highest BCUT2D eigenvalue weighted by Crippen LogP contribution is 1.97. The first-order valence-electron chi connectivity index (χ1n) is 3.88. The van der Waals surface area contributed by atoms with Crippen LogP contribution in [0.4, 0.5) is 0 Å². The van der Waals surface area contributed by atoms with Crippen molar-refractivity contribution in [2.75, 3.05) is 19.1 Å². The smallest absolute Gasteiger partial charge is 0.140 e. The number of nitrogens with zero attached hydrogens (tertiary/aromatic N) is 3. The zero-order valence-corrected chi connectivity index (χ0v) is 8.27. The Balaban J connectivity index is 2.51. The predicted molar refractivity (Wildman–Crippen MR) is 51.2 cm³/mol. The van der Waals surface area contributed by atoms with Crippen LogP contribution in [0, 0.1) is 0 Å². The predicted octanol–water partition coefficient (Wildman–Crippen LogP) is 0.360. The van der Waals surface area contributed by atoms with Crippen molar-refractivity contribution in [1.82, 2.24) is 20.1 Å². The third-order valence-electron chi connectivity index (χ3n) is 1.54. The summed E-state index contributed by atoms with van der Waals surface area (Å²) in [5.74, 6) is 2.09. The number of hydrogen-bond donors (Lipinski definition) is 1. The van der Waals surface area contributed by atoms with Crippen LogP contribution in [0.5, 0.6) is 0 Å². The number of hydrogen-bond acceptors (Lipinski definition) is 4. The van der Waals surface area contributed by atoms with Gasteiger partial charge in [-0.15, -0.1) is 0 Å². The molecule has 5 heteroatoms. The van der Waals surface area contributed by atoms with Gasteiger partial charge in [-0.3, -0.25) is 0 Å². The van der Waals surface area contributed by atoms with E-state index in [4.69, 9.17) is 0 Å². The van der Waals surface area contributed by atoms with Gasteiger partial charge in [-0.05, 0) is 13.3 Å². The van der Waals surface area contributed by atoms with E-state index in [1.165, 1.54) is 0 Å². The van der Waals surface area contributed by atoms with Crippen LogP contribution in [0.2, 0.25) is 0 Å². The van der Waals surface area contributed by atoms with Gasteiger partial charge in [-0.2, -0.15) is 16.9 Å². The maximum absolute atomic E-state index is 4.14. The molecule has 1 N–H and O–H groups in total. The molecule has 0 bridgehead atoms. The summed E-state index contributed by atoms with van der Waals surface area (Å²) in [6, 6.07) is 0. The van der Waals surface area contributed by atoms with Crippen molar-refractivity contribution >= 4 is 11.8 Å². The van der Waals surface area contributed by atoms with Gasteiger partial charge < -0.3 is 5.32 Å². The second kappa shape index (κ2) is 5.16. The average molecular weight is 186 g/mol. The van der Waals surface area contributed by atoms with Gasteiger partial charge in [0.05, 0.1) is 13.1 Å². The lowest BCUT2D eigenvalue weighted by molar-refractivity contribution is 0.599. The standard InChI is InChI=1S/C7H14N4S/c1-8-5-7-9-6-10-11(7)3-4-12-2/h6,8H,3-5H2,1-2H3.